The zero-order valence-electron chi connectivity index (χ0n) is 13.5. The van der Waals surface area contributed by atoms with Crippen molar-refractivity contribution < 1.29 is 0 Å². The number of hydrogen-bond acceptors (Lipinski definition) is 3. The monoisotopic (exact) mass is 286 g/mol. The molecule has 0 amide bonds. The molecule has 4 heteroatoms. The second kappa shape index (κ2) is 6.76. The number of nitrogens with two attached hydrogens (primary N) is 1. The van der Waals surface area contributed by atoms with E-state index >= 15 is 0 Å². The summed E-state index contributed by atoms with van der Waals surface area (Å²) in [6, 6.07) is 10.7. The molecule has 0 fully saturated rings. The molecule has 0 unspecified atom stereocenters. The highest BCUT2D eigenvalue weighted by Crippen LogP contribution is 2.28. The van der Waals surface area contributed by atoms with Gasteiger partial charge in [0, 0.05) is 24.7 Å². The quantitative estimate of drug-likeness (QED) is 0.886. The average Bonchev–Trinajstić information content (AvgIpc) is 2.81. The van der Waals surface area contributed by atoms with Crippen molar-refractivity contribution in [1.82, 2.24) is 9.78 Å². The minimum atomic E-state index is 0.411. The number of hydrogen-bond donors (Lipinski definition) is 1. The Hall–Kier alpha value is -1.81. The second-order valence-electron chi connectivity index (χ2n) is 5.63. The molecule has 0 atom stereocenters. The number of rotatable bonds is 6. The first-order chi connectivity index (χ1) is 10.1. The van der Waals surface area contributed by atoms with Crippen LogP contribution in [0.25, 0.3) is 5.69 Å². The van der Waals surface area contributed by atoms with Gasteiger partial charge in [0.15, 0.2) is 0 Å². The van der Waals surface area contributed by atoms with Gasteiger partial charge in [-0.15, -0.1) is 0 Å². The lowest BCUT2D eigenvalue weighted by molar-refractivity contribution is 0.644. The smallest absolute Gasteiger partial charge is 0.137 e. The van der Waals surface area contributed by atoms with Crippen molar-refractivity contribution in [2.75, 3.05) is 11.4 Å². The van der Waals surface area contributed by atoms with Crippen LogP contribution in [-0.2, 0) is 6.54 Å². The number of aryl methyl sites for hydroxylation is 1. The fraction of sp³-hybridized carbons (Fsp3) is 0.471. The van der Waals surface area contributed by atoms with Crippen LogP contribution in [0.4, 0.5) is 5.82 Å². The van der Waals surface area contributed by atoms with Crippen molar-refractivity contribution in [2.24, 2.45) is 5.73 Å². The Bertz CT molecular complexity index is 572. The summed E-state index contributed by atoms with van der Waals surface area (Å²) in [5.74, 6) is 1.14. The third-order valence-electron chi connectivity index (χ3n) is 3.72. The van der Waals surface area contributed by atoms with Crippen LogP contribution in [0.2, 0.25) is 0 Å². The summed E-state index contributed by atoms with van der Waals surface area (Å²) in [6.07, 6.45) is 1.10. The molecule has 21 heavy (non-hydrogen) atoms. The van der Waals surface area contributed by atoms with Crippen LogP contribution in [-0.4, -0.2) is 22.4 Å². The van der Waals surface area contributed by atoms with E-state index in [1.54, 1.807) is 0 Å². The maximum Gasteiger partial charge on any atom is 0.137 e. The molecule has 0 saturated carbocycles. The van der Waals surface area contributed by atoms with E-state index in [0.717, 1.165) is 35.7 Å². The molecule has 114 valence electrons. The Labute approximate surface area is 127 Å². The van der Waals surface area contributed by atoms with Gasteiger partial charge in [-0.3, -0.25) is 0 Å². The van der Waals surface area contributed by atoms with Gasteiger partial charge in [-0.25, -0.2) is 4.68 Å². The van der Waals surface area contributed by atoms with E-state index in [1.165, 1.54) is 0 Å². The summed E-state index contributed by atoms with van der Waals surface area (Å²) in [7, 11) is 0. The summed E-state index contributed by atoms with van der Waals surface area (Å²) in [6.45, 7) is 10.2. The van der Waals surface area contributed by atoms with E-state index in [2.05, 4.69) is 37.8 Å². The highest BCUT2D eigenvalue weighted by molar-refractivity contribution is 5.55. The Balaban J connectivity index is 2.61. The fourth-order valence-corrected chi connectivity index (χ4v) is 2.68. The van der Waals surface area contributed by atoms with Crippen LogP contribution >= 0.6 is 0 Å². The molecule has 1 aromatic heterocycles. The molecule has 0 bridgehead atoms. The standard InChI is InChI=1S/C17H26N4/c1-5-11-20(13(2)3)17-16(12-18)14(4)19-21(17)15-9-7-6-8-10-15/h6-10,13H,5,11-12,18H2,1-4H3. The predicted octanol–water partition coefficient (Wildman–Crippen LogP) is 3.26. The highest BCUT2D eigenvalue weighted by Gasteiger charge is 2.22. The minimum Gasteiger partial charge on any atom is -0.354 e. The molecule has 1 heterocycles. The molecule has 0 aliphatic carbocycles. The lowest BCUT2D eigenvalue weighted by Crippen LogP contribution is -2.34. The van der Waals surface area contributed by atoms with Gasteiger partial charge in [0.05, 0.1) is 11.4 Å². The van der Waals surface area contributed by atoms with E-state index in [4.69, 9.17) is 10.8 Å². The van der Waals surface area contributed by atoms with Crippen molar-refractivity contribution in [3.05, 3.63) is 41.6 Å². The van der Waals surface area contributed by atoms with Crippen LogP contribution < -0.4 is 10.6 Å². The number of para-hydroxylation sites is 1. The van der Waals surface area contributed by atoms with Crippen LogP contribution in [0.5, 0.6) is 0 Å². The van der Waals surface area contributed by atoms with Gasteiger partial charge in [0.2, 0.25) is 0 Å². The van der Waals surface area contributed by atoms with Gasteiger partial charge < -0.3 is 10.6 Å². The third kappa shape index (κ3) is 3.10. The van der Waals surface area contributed by atoms with Crippen molar-refractivity contribution in [1.29, 1.82) is 0 Å². The van der Waals surface area contributed by atoms with Gasteiger partial charge in [-0.1, -0.05) is 25.1 Å². The largest absolute Gasteiger partial charge is 0.354 e. The molecule has 1 aromatic carbocycles. The molecule has 0 aliphatic rings. The number of aromatic nitrogens is 2. The molecule has 0 saturated heterocycles. The molecule has 0 spiro atoms. The molecular weight excluding hydrogens is 260 g/mol. The van der Waals surface area contributed by atoms with Crippen LogP contribution in [0.15, 0.2) is 30.3 Å². The normalized spacial score (nSPS) is 11.1. The number of nitrogens with zero attached hydrogens (tertiary/aromatic N) is 3. The summed E-state index contributed by atoms with van der Waals surface area (Å²) in [5, 5.41) is 4.73. The number of anilines is 1. The highest BCUT2D eigenvalue weighted by atomic mass is 15.4. The van der Waals surface area contributed by atoms with Gasteiger partial charge in [-0.2, -0.15) is 5.10 Å². The number of benzene rings is 1. The topological polar surface area (TPSA) is 47.1 Å². The molecule has 2 N–H and O–H groups in total. The Morgan fingerprint density at radius 1 is 1.24 bits per heavy atom. The zero-order valence-corrected chi connectivity index (χ0v) is 13.5. The van der Waals surface area contributed by atoms with Gasteiger partial charge >= 0.3 is 0 Å². The zero-order chi connectivity index (χ0) is 15.4. The molecule has 0 aliphatic heterocycles. The van der Waals surface area contributed by atoms with E-state index < -0.39 is 0 Å². The fourth-order valence-electron chi connectivity index (χ4n) is 2.68. The van der Waals surface area contributed by atoms with Crippen LogP contribution in [0.1, 0.15) is 38.4 Å². The van der Waals surface area contributed by atoms with Crippen LogP contribution in [0, 0.1) is 6.92 Å². The van der Waals surface area contributed by atoms with Crippen molar-refractivity contribution >= 4 is 5.82 Å². The summed E-state index contributed by atoms with van der Waals surface area (Å²) >= 11 is 0. The third-order valence-corrected chi connectivity index (χ3v) is 3.72. The first-order valence-corrected chi connectivity index (χ1v) is 7.70. The molecule has 2 aromatic rings. The van der Waals surface area contributed by atoms with E-state index in [9.17, 15) is 0 Å². The predicted molar refractivity (Wildman–Crippen MR) is 89.0 cm³/mol. The molecule has 4 nitrogen and oxygen atoms in total. The van der Waals surface area contributed by atoms with Crippen molar-refractivity contribution in [2.45, 2.75) is 46.7 Å². The Morgan fingerprint density at radius 3 is 2.43 bits per heavy atom. The minimum absolute atomic E-state index is 0.411. The van der Waals surface area contributed by atoms with Crippen molar-refractivity contribution in [3.63, 3.8) is 0 Å². The SMILES string of the molecule is CCCN(c1c(CN)c(C)nn1-c1ccccc1)C(C)C. The summed E-state index contributed by atoms with van der Waals surface area (Å²) in [5.41, 5.74) is 9.23. The Morgan fingerprint density at radius 2 is 1.90 bits per heavy atom. The molecule has 0 radical (unpaired) electrons. The first kappa shape index (κ1) is 15.6. The molecular formula is C17H26N4. The van der Waals surface area contributed by atoms with E-state index in [0.29, 0.717) is 12.6 Å². The maximum absolute atomic E-state index is 6.00. The summed E-state index contributed by atoms with van der Waals surface area (Å²) in [4.78, 5) is 2.40. The lowest BCUT2D eigenvalue weighted by atomic mass is 10.2. The lowest BCUT2D eigenvalue weighted by Gasteiger charge is -2.30. The second-order valence-corrected chi connectivity index (χ2v) is 5.63. The van der Waals surface area contributed by atoms with Gasteiger partial charge in [0.1, 0.15) is 5.82 Å². The van der Waals surface area contributed by atoms with Crippen molar-refractivity contribution in [3.8, 4) is 5.69 Å². The van der Waals surface area contributed by atoms with E-state index in [-0.39, 0.29) is 0 Å². The molecule has 2 rings (SSSR count). The van der Waals surface area contributed by atoms with Crippen LogP contribution in [0.3, 0.4) is 0 Å². The summed E-state index contributed by atoms with van der Waals surface area (Å²) < 4.78 is 2.03. The van der Waals surface area contributed by atoms with Gasteiger partial charge in [-0.05, 0) is 39.3 Å². The maximum atomic E-state index is 6.00. The first-order valence-electron chi connectivity index (χ1n) is 7.70. The van der Waals surface area contributed by atoms with Gasteiger partial charge in [0.25, 0.3) is 0 Å². The average molecular weight is 286 g/mol. The van der Waals surface area contributed by atoms with E-state index in [1.807, 2.05) is 29.8 Å². The Kier molecular flexibility index (Phi) is 5.02.